The SMILES string of the molecule is CC(C)c1nnc(CNC(=O)C2CCC(C(=O)O)CC2)s1. The second-order valence-corrected chi connectivity index (χ2v) is 6.89. The number of rotatable bonds is 5. The van der Waals surface area contributed by atoms with Crippen LogP contribution in [0.25, 0.3) is 0 Å². The quantitative estimate of drug-likeness (QED) is 0.869. The zero-order valence-electron chi connectivity index (χ0n) is 12.3. The molecule has 0 aliphatic heterocycles. The molecular formula is C14H21N3O3S. The third-order valence-electron chi connectivity index (χ3n) is 3.84. The van der Waals surface area contributed by atoms with E-state index in [0.29, 0.717) is 38.1 Å². The predicted octanol–water partition coefficient (Wildman–Crippen LogP) is 2.17. The Balaban J connectivity index is 1.78. The zero-order chi connectivity index (χ0) is 15.4. The van der Waals surface area contributed by atoms with Gasteiger partial charge in [-0.15, -0.1) is 10.2 Å². The molecule has 0 bridgehead atoms. The van der Waals surface area contributed by atoms with E-state index in [0.717, 1.165) is 10.0 Å². The topological polar surface area (TPSA) is 92.2 Å². The highest BCUT2D eigenvalue weighted by atomic mass is 32.1. The van der Waals surface area contributed by atoms with Gasteiger partial charge in [-0.05, 0) is 25.7 Å². The summed E-state index contributed by atoms with van der Waals surface area (Å²) in [6, 6.07) is 0. The van der Waals surface area contributed by atoms with E-state index in [1.54, 1.807) is 0 Å². The summed E-state index contributed by atoms with van der Waals surface area (Å²) in [5.41, 5.74) is 0. The Morgan fingerprint density at radius 3 is 2.38 bits per heavy atom. The summed E-state index contributed by atoms with van der Waals surface area (Å²) in [5, 5.41) is 21.8. The Morgan fingerprint density at radius 1 is 1.24 bits per heavy atom. The van der Waals surface area contributed by atoms with Crippen molar-refractivity contribution in [1.29, 1.82) is 0 Å². The molecule has 1 aromatic rings. The Hall–Kier alpha value is -1.50. The van der Waals surface area contributed by atoms with Gasteiger partial charge in [-0.3, -0.25) is 9.59 Å². The fourth-order valence-corrected chi connectivity index (χ4v) is 3.27. The second-order valence-electron chi connectivity index (χ2n) is 5.79. The molecule has 1 aliphatic carbocycles. The number of hydrogen-bond donors (Lipinski definition) is 2. The first kappa shape index (κ1) is 15.9. The minimum Gasteiger partial charge on any atom is -0.481 e. The van der Waals surface area contributed by atoms with E-state index in [1.165, 1.54) is 11.3 Å². The number of carbonyl (C=O) groups is 2. The predicted molar refractivity (Wildman–Crippen MR) is 78.9 cm³/mol. The highest BCUT2D eigenvalue weighted by Crippen LogP contribution is 2.29. The van der Waals surface area contributed by atoms with Crippen LogP contribution >= 0.6 is 11.3 Å². The van der Waals surface area contributed by atoms with Crippen LogP contribution in [0.1, 0.15) is 55.5 Å². The van der Waals surface area contributed by atoms with Crippen LogP contribution in [0.4, 0.5) is 0 Å². The van der Waals surface area contributed by atoms with E-state index in [2.05, 4.69) is 29.4 Å². The van der Waals surface area contributed by atoms with Crippen LogP contribution in [0.5, 0.6) is 0 Å². The largest absolute Gasteiger partial charge is 0.481 e. The molecule has 6 nitrogen and oxygen atoms in total. The van der Waals surface area contributed by atoms with E-state index in [4.69, 9.17) is 5.11 Å². The van der Waals surface area contributed by atoms with Gasteiger partial charge in [-0.25, -0.2) is 0 Å². The molecule has 2 N–H and O–H groups in total. The van der Waals surface area contributed by atoms with Crippen molar-refractivity contribution in [3.05, 3.63) is 10.0 Å². The van der Waals surface area contributed by atoms with Gasteiger partial charge in [-0.1, -0.05) is 25.2 Å². The molecule has 2 rings (SSSR count). The average Bonchev–Trinajstić information content (AvgIpc) is 2.94. The van der Waals surface area contributed by atoms with Crippen molar-refractivity contribution in [1.82, 2.24) is 15.5 Å². The fourth-order valence-electron chi connectivity index (χ4n) is 2.48. The van der Waals surface area contributed by atoms with Crippen LogP contribution < -0.4 is 5.32 Å². The molecular weight excluding hydrogens is 290 g/mol. The van der Waals surface area contributed by atoms with Crippen molar-refractivity contribution in [2.45, 2.75) is 52.0 Å². The van der Waals surface area contributed by atoms with Gasteiger partial charge in [0.1, 0.15) is 10.0 Å². The maximum Gasteiger partial charge on any atom is 0.306 e. The molecule has 7 heteroatoms. The highest BCUT2D eigenvalue weighted by Gasteiger charge is 2.29. The lowest BCUT2D eigenvalue weighted by Gasteiger charge is -2.25. The monoisotopic (exact) mass is 311 g/mol. The van der Waals surface area contributed by atoms with Crippen LogP contribution in [0.2, 0.25) is 0 Å². The summed E-state index contributed by atoms with van der Waals surface area (Å²) >= 11 is 1.52. The lowest BCUT2D eigenvalue weighted by Crippen LogP contribution is -2.34. The first-order valence-corrected chi connectivity index (χ1v) is 8.11. The normalized spacial score (nSPS) is 22.2. The molecule has 0 saturated heterocycles. The molecule has 1 amide bonds. The van der Waals surface area contributed by atoms with Gasteiger partial charge >= 0.3 is 5.97 Å². The maximum absolute atomic E-state index is 12.1. The molecule has 1 heterocycles. The third kappa shape index (κ3) is 4.23. The van der Waals surface area contributed by atoms with Gasteiger partial charge in [0.2, 0.25) is 5.91 Å². The van der Waals surface area contributed by atoms with Crippen molar-refractivity contribution >= 4 is 23.2 Å². The minimum absolute atomic E-state index is 0.000126. The number of aliphatic carboxylic acids is 1. The third-order valence-corrected chi connectivity index (χ3v) is 5.06. The Morgan fingerprint density at radius 2 is 1.86 bits per heavy atom. The highest BCUT2D eigenvalue weighted by molar-refractivity contribution is 7.11. The number of amides is 1. The van der Waals surface area contributed by atoms with Crippen LogP contribution in [0.15, 0.2) is 0 Å². The average molecular weight is 311 g/mol. The number of carboxylic acids is 1. The lowest BCUT2D eigenvalue weighted by molar-refractivity contribution is -0.144. The van der Waals surface area contributed by atoms with E-state index in [1.807, 2.05) is 0 Å². The first-order valence-electron chi connectivity index (χ1n) is 7.30. The minimum atomic E-state index is -0.746. The fraction of sp³-hybridized carbons (Fsp3) is 0.714. The molecule has 116 valence electrons. The number of nitrogens with one attached hydrogen (secondary N) is 1. The van der Waals surface area contributed by atoms with E-state index in [-0.39, 0.29) is 17.7 Å². The van der Waals surface area contributed by atoms with Gasteiger partial charge < -0.3 is 10.4 Å². The van der Waals surface area contributed by atoms with Crippen molar-refractivity contribution in [3.8, 4) is 0 Å². The summed E-state index contributed by atoms with van der Waals surface area (Å²) in [7, 11) is 0. The second kappa shape index (κ2) is 6.98. The van der Waals surface area contributed by atoms with Gasteiger partial charge in [0.15, 0.2) is 0 Å². The summed E-state index contributed by atoms with van der Waals surface area (Å²) in [6.45, 7) is 4.52. The Bertz CT molecular complexity index is 507. The van der Waals surface area contributed by atoms with Crippen molar-refractivity contribution in [3.63, 3.8) is 0 Å². The number of hydrogen-bond acceptors (Lipinski definition) is 5. The molecule has 21 heavy (non-hydrogen) atoms. The summed E-state index contributed by atoms with van der Waals surface area (Å²) in [4.78, 5) is 23.0. The lowest BCUT2D eigenvalue weighted by atomic mass is 9.81. The van der Waals surface area contributed by atoms with E-state index >= 15 is 0 Å². The molecule has 0 aromatic carbocycles. The maximum atomic E-state index is 12.1. The zero-order valence-corrected chi connectivity index (χ0v) is 13.2. The number of carboxylic acid groups (broad SMARTS) is 1. The molecule has 0 unspecified atom stereocenters. The molecule has 1 aliphatic rings. The van der Waals surface area contributed by atoms with Crippen molar-refractivity contribution in [2.24, 2.45) is 11.8 Å². The van der Waals surface area contributed by atoms with Gasteiger partial charge in [0.05, 0.1) is 12.5 Å². The van der Waals surface area contributed by atoms with Crippen LogP contribution in [-0.2, 0) is 16.1 Å². The molecule has 1 aromatic heterocycles. The van der Waals surface area contributed by atoms with Crippen molar-refractivity contribution < 1.29 is 14.7 Å². The Kier molecular flexibility index (Phi) is 5.27. The van der Waals surface area contributed by atoms with E-state index < -0.39 is 5.97 Å². The summed E-state index contributed by atoms with van der Waals surface area (Å²) in [5.74, 6) is -0.758. The van der Waals surface area contributed by atoms with Crippen LogP contribution in [0, 0.1) is 11.8 Å². The number of carbonyl (C=O) groups excluding carboxylic acids is 1. The summed E-state index contributed by atoms with van der Waals surface area (Å²) in [6.07, 6.45) is 2.47. The van der Waals surface area contributed by atoms with E-state index in [9.17, 15) is 9.59 Å². The standard InChI is InChI=1S/C14H21N3O3S/c1-8(2)13-17-16-11(21-13)7-15-12(18)9-3-5-10(6-4-9)14(19)20/h8-10H,3-7H2,1-2H3,(H,15,18)(H,19,20). The van der Waals surface area contributed by atoms with Gasteiger partial charge in [0, 0.05) is 11.8 Å². The van der Waals surface area contributed by atoms with Crippen LogP contribution in [0.3, 0.4) is 0 Å². The Labute approximate surface area is 128 Å². The molecule has 1 fully saturated rings. The number of aromatic nitrogens is 2. The van der Waals surface area contributed by atoms with Crippen LogP contribution in [-0.4, -0.2) is 27.2 Å². The molecule has 0 spiro atoms. The van der Waals surface area contributed by atoms with Gasteiger partial charge in [0.25, 0.3) is 0 Å². The smallest absolute Gasteiger partial charge is 0.306 e. The van der Waals surface area contributed by atoms with Crippen molar-refractivity contribution in [2.75, 3.05) is 0 Å². The molecule has 1 saturated carbocycles. The van der Waals surface area contributed by atoms with Gasteiger partial charge in [-0.2, -0.15) is 0 Å². The number of nitrogens with zero attached hydrogens (tertiary/aromatic N) is 2. The molecule has 0 radical (unpaired) electrons. The summed E-state index contributed by atoms with van der Waals surface area (Å²) < 4.78 is 0. The molecule has 0 atom stereocenters. The first-order chi connectivity index (χ1) is 9.97.